The van der Waals surface area contributed by atoms with Crippen LogP contribution in [0.15, 0.2) is 42.5 Å². The van der Waals surface area contributed by atoms with E-state index in [0.717, 1.165) is 5.56 Å². The average molecular weight is 367 g/mol. The lowest BCUT2D eigenvalue weighted by atomic mass is 10.1. The van der Waals surface area contributed by atoms with Gasteiger partial charge in [-0.15, -0.1) is 0 Å². The second-order valence-corrected chi connectivity index (χ2v) is 6.08. The molecule has 2 aromatic rings. The van der Waals surface area contributed by atoms with Crippen molar-refractivity contribution in [2.24, 2.45) is 5.73 Å². The molecule has 0 bridgehead atoms. The monoisotopic (exact) mass is 367 g/mol. The van der Waals surface area contributed by atoms with Crippen LogP contribution in [0.5, 0.6) is 5.75 Å². The molecule has 1 aliphatic heterocycles. The van der Waals surface area contributed by atoms with Gasteiger partial charge in [0.25, 0.3) is 5.91 Å². The number of carbonyl (C=O) groups is 3. The molecule has 0 aliphatic carbocycles. The Morgan fingerprint density at radius 1 is 1.15 bits per heavy atom. The molecule has 8 nitrogen and oxygen atoms in total. The number of nitrogens with two attached hydrogens (primary N) is 1. The van der Waals surface area contributed by atoms with Crippen molar-refractivity contribution in [1.82, 2.24) is 4.90 Å². The van der Waals surface area contributed by atoms with Crippen molar-refractivity contribution in [3.8, 4) is 5.75 Å². The van der Waals surface area contributed by atoms with Crippen molar-refractivity contribution >= 4 is 23.5 Å². The van der Waals surface area contributed by atoms with E-state index in [1.165, 1.54) is 29.2 Å². The molecular formula is C19H17N3O5. The van der Waals surface area contributed by atoms with E-state index >= 15 is 0 Å². The number of hydrogen-bond acceptors (Lipinski definition) is 5. The molecule has 1 heterocycles. The van der Waals surface area contributed by atoms with E-state index in [2.05, 4.69) is 0 Å². The van der Waals surface area contributed by atoms with Gasteiger partial charge in [-0.25, -0.2) is 4.79 Å². The van der Waals surface area contributed by atoms with Gasteiger partial charge in [0, 0.05) is 23.2 Å². The second kappa shape index (κ2) is 7.28. The van der Waals surface area contributed by atoms with Gasteiger partial charge in [0.1, 0.15) is 11.6 Å². The number of amidine groups is 1. The summed E-state index contributed by atoms with van der Waals surface area (Å²) in [7, 11) is 0. The van der Waals surface area contributed by atoms with Crippen LogP contribution in [0.4, 0.5) is 0 Å². The molecule has 3 rings (SSSR count). The maximum Gasteiger partial charge on any atom is 0.341 e. The highest BCUT2D eigenvalue weighted by Crippen LogP contribution is 2.24. The molecule has 0 unspecified atom stereocenters. The van der Waals surface area contributed by atoms with E-state index in [1.807, 2.05) is 0 Å². The Balaban J connectivity index is 1.67. The number of ether oxygens (including phenoxy) is 1. The van der Waals surface area contributed by atoms with Crippen molar-refractivity contribution < 1.29 is 24.2 Å². The fourth-order valence-corrected chi connectivity index (χ4v) is 2.82. The first-order chi connectivity index (χ1) is 12.8. The van der Waals surface area contributed by atoms with Crippen LogP contribution in [0.3, 0.4) is 0 Å². The molecule has 0 fully saturated rings. The summed E-state index contributed by atoms with van der Waals surface area (Å²) < 4.78 is 5.02. The largest absolute Gasteiger partial charge is 0.482 e. The SMILES string of the molecule is N=C(N)c1ccc2c(c1)CN(CC(=O)c1ccc(OCC(=O)O)cc1)C2=O. The Morgan fingerprint density at radius 3 is 2.44 bits per heavy atom. The number of ketones is 1. The van der Waals surface area contributed by atoms with Crippen molar-refractivity contribution in [3.05, 3.63) is 64.7 Å². The zero-order valence-corrected chi connectivity index (χ0v) is 14.3. The number of amides is 1. The zero-order valence-electron chi connectivity index (χ0n) is 14.3. The number of carbonyl (C=O) groups excluding carboxylic acids is 2. The number of carboxylic acid groups (broad SMARTS) is 1. The summed E-state index contributed by atoms with van der Waals surface area (Å²) >= 11 is 0. The van der Waals surface area contributed by atoms with Crippen LogP contribution in [0.1, 0.15) is 31.8 Å². The number of carboxylic acids is 1. The fraction of sp³-hybridized carbons (Fsp3) is 0.158. The van der Waals surface area contributed by atoms with Gasteiger partial charge >= 0.3 is 5.97 Å². The third kappa shape index (κ3) is 3.95. The lowest BCUT2D eigenvalue weighted by Crippen LogP contribution is -2.30. The molecule has 0 aromatic heterocycles. The molecule has 0 saturated carbocycles. The van der Waals surface area contributed by atoms with E-state index in [1.54, 1.807) is 18.2 Å². The van der Waals surface area contributed by atoms with Gasteiger partial charge in [-0.1, -0.05) is 6.07 Å². The highest BCUT2D eigenvalue weighted by molar-refractivity contribution is 6.05. The predicted octanol–water partition coefficient (Wildman–Crippen LogP) is 1.27. The Labute approximate surface area is 154 Å². The number of nitrogen functional groups attached to an aromatic ring is 1. The van der Waals surface area contributed by atoms with Crippen LogP contribution in [0.25, 0.3) is 0 Å². The second-order valence-electron chi connectivity index (χ2n) is 6.08. The Bertz CT molecular complexity index is 937. The third-order valence-electron chi connectivity index (χ3n) is 4.17. The third-order valence-corrected chi connectivity index (χ3v) is 4.17. The van der Waals surface area contributed by atoms with E-state index in [-0.39, 0.29) is 30.6 Å². The molecule has 1 amide bonds. The highest BCUT2D eigenvalue weighted by Gasteiger charge is 2.29. The first-order valence-corrected chi connectivity index (χ1v) is 8.09. The molecule has 1 aliphatic rings. The minimum Gasteiger partial charge on any atom is -0.482 e. The predicted molar refractivity (Wildman–Crippen MR) is 96.1 cm³/mol. The Kier molecular flexibility index (Phi) is 4.89. The maximum atomic E-state index is 12.5. The summed E-state index contributed by atoms with van der Waals surface area (Å²) in [4.78, 5) is 36.9. The number of nitrogens with one attached hydrogen (secondary N) is 1. The summed E-state index contributed by atoms with van der Waals surface area (Å²) in [6, 6.07) is 11.0. The molecule has 2 aromatic carbocycles. The van der Waals surface area contributed by atoms with Crippen LogP contribution < -0.4 is 10.5 Å². The van der Waals surface area contributed by atoms with Gasteiger partial charge in [0.05, 0.1) is 6.54 Å². The topological polar surface area (TPSA) is 134 Å². The molecule has 138 valence electrons. The average Bonchev–Trinajstić information content (AvgIpc) is 2.95. The number of benzene rings is 2. The molecular weight excluding hydrogens is 350 g/mol. The number of fused-ring (bicyclic) bond motifs is 1. The van der Waals surface area contributed by atoms with Crippen LogP contribution in [-0.4, -0.2) is 46.7 Å². The molecule has 4 N–H and O–H groups in total. The van der Waals surface area contributed by atoms with Crippen molar-refractivity contribution in [1.29, 1.82) is 5.41 Å². The van der Waals surface area contributed by atoms with E-state index in [9.17, 15) is 14.4 Å². The summed E-state index contributed by atoms with van der Waals surface area (Å²) in [5.74, 6) is -1.31. The normalized spacial score (nSPS) is 12.6. The van der Waals surface area contributed by atoms with Crippen molar-refractivity contribution in [3.63, 3.8) is 0 Å². The van der Waals surface area contributed by atoms with Crippen LogP contribution >= 0.6 is 0 Å². The van der Waals surface area contributed by atoms with Gasteiger partial charge in [0.15, 0.2) is 12.4 Å². The number of Topliss-reactive ketones (excluding diaryl/α,β-unsaturated/α-hetero) is 1. The quantitative estimate of drug-likeness (QED) is 0.383. The minimum absolute atomic E-state index is 0.0787. The summed E-state index contributed by atoms with van der Waals surface area (Å²) in [5, 5.41) is 16.1. The van der Waals surface area contributed by atoms with Crippen LogP contribution in [0.2, 0.25) is 0 Å². The fourth-order valence-electron chi connectivity index (χ4n) is 2.82. The molecule has 0 spiro atoms. The first kappa shape index (κ1) is 18.1. The lowest BCUT2D eigenvalue weighted by Gasteiger charge is -2.14. The molecule has 0 saturated heterocycles. The molecule has 0 radical (unpaired) electrons. The number of rotatable bonds is 7. The van der Waals surface area contributed by atoms with Gasteiger partial charge in [-0.05, 0) is 42.0 Å². The van der Waals surface area contributed by atoms with Gasteiger partial charge in [0.2, 0.25) is 0 Å². The maximum absolute atomic E-state index is 12.5. The Hall–Kier alpha value is -3.68. The number of aliphatic carboxylic acids is 1. The van der Waals surface area contributed by atoms with Gasteiger partial charge in [-0.2, -0.15) is 0 Å². The molecule has 27 heavy (non-hydrogen) atoms. The van der Waals surface area contributed by atoms with Gasteiger partial charge < -0.3 is 20.5 Å². The highest BCUT2D eigenvalue weighted by atomic mass is 16.5. The van der Waals surface area contributed by atoms with E-state index < -0.39 is 12.6 Å². The number of nitrogens with zero attached hydrogens (tertiary/aromatic N) is 1. The van der Waals surface area contributed by atoms with Crippen LogP contribution in [0, 0.1) is 5.41 Å². The van der Waals surface area contributed by atoms with Crippen LogP contribution in [-0.2, 0) is 11.3 Å². The molecule has 0 atom stereocenters. The lowest BCUT2D eigenvalue weighted by molar-refractivity contribution is -0.139. The molecule has 8 heteroatoms. The van der Waals surface area contributed by atoms with Crippen molar-refractivity contribution in [2.75, 3.05) is 13.2 Å². The van der Waals surface area contributed by atoms with E-state index in [0.29, 0.717) is 22.4 Å². The van der Waals surface area contributed by atoms with E-state index in [4.69, 9.17) is 21.0 Å². The summed E-state index contributed by atoms with van der Waals surface area (Å²) in [6.07, 6.45) is 0. The summed E-state index contributed by atoms with van der Waals surface area (Å²) in [6.45, 7) is -0.269. The standard InChI is InChI=1S/C19H17N3O5/c20-18(21)12-3-6-15-13(7-12)8-22(19(15)26)9-16(23)11-1-4-14(5-2-11)27-10-17(24)25/h1-7H,8-10H2,(H3,20,21)(H,24,25). The minimum atomic E-state index is -1.09. The first-order valence-electron chi connectivity index (χ1n) is 8.09. The summed E-state index contributed by atoms with van der Waals surface area (Å²) in [5.41, 5.74) is 7.64. The Morgan fingerprint density at radius 2 is 1.81 bits per heavy atom. The smallest absolute Gasteiger partial charge is 0.341 e. The van der Waals surface area contributed by atoms with Crippen molar-refractivity contribution in [2.45, 2.75) is 6.54 Å². The van der Waals surface area contributed by atoms with Gasteiger partial charge in [-0.3, -0.25) is 15.0 Å². The zero-order chi connectivity index (χ0) is 19.6. The number of hydrogen-bond donors (Lipinski definition) is 3.